The molecule has 3 aromatic rings. The van der Waals surface area contributed by atoms with Crippen molar-refractivity contribution in [2.24, 2.45) is 0 Å². The molecule has 0 aliphatic rings. The maximum Gasteiger partial charge on any atom is 0.418 e. The quantitative estimate of drug-likeness (QED) is 0.676. The Bertz CT molecular complexity index is 732. The van der Waals surface area contributed by atoms with Gasteiger partial charge >= 0.3 is 6.18 Å². The zero-order chi connectivity index (χ0) is 14.9. The van der Waals surface area contributed by atoms with Gasteiger partial charge in [-0.2, -0.15) is 18.3 Å². The maximum atomic E-state index is 13.3. The van der Waals surface area contributed by atoms with Crippen molar-refractivity contribution in [2.45, 2.75) is 6.18 Å². The number of rotatable bonds is 2. The molecule has 0 saturated carbocycles. The second kappa shape index (κ2) is 5.09. The van der Waals surface area contributed by atoms with Gasteiger partial charge < -0.3 is 0 Å². The van der Waals surface area contributed by atoms with Crippen LogP contribution in [-0.4, -0.2) is 9.78 Å². The van der Waals surface area contributed by atoms with Gasteiger partial charge in [0.1, 0.15) is 0 Å². The lowest BCUT2D eigenvalue weighted by Crippen LogP contribution is -2.12. The Hall–Kier alpha value is -2.56. The number of hydrogen-bond acceptors (Lipinski definition) is 1. The monoisotopic (exact) mass is 288 g/mol. The average molecular weight is 288 g/mol. The molecule has 5 heteroatoms. The van der Waals surface area contributed by atoms with Crippen LogP contribution in [0.25, 0.3) is 16.8 Å². The molecule has 0 amide bonds. The summed E-state index contributed by atoms with van der Waals surface area (Å²) in [7, 11) is 0. The highest BCUT2D eigenvalue weighted by Gasteiger charge is 2.35. The number of benzene rings is 2. The second-order valence-electron chi connectivity index (χ2n) is 4.52. The molecule has 0 aliphatic heterocycles. The van der Waals surface area contributed by atoms with Crippen LogP contribution in [0.2, 0.25) is 0 Å². The van der Waals surface area contributed by atoms with Crippen molar-refractivity contribution >= 4 is 0 Å². The molecule has 2 aromatic carbocycles. The third-order valence-corrected chi connectivity index (χ3v) is 3.16. The van der Waals surface area contributed by atoms with E-state index in [1.807, 2.05) is 6.07 Å². The van der Waals surface area contributed by atoms with Gasteiger partial charge in [-0.15, -0.1) is 0 Å². The Morgan fingerprint density at radius 2 is 1.62 bits per heavy atom. The van der Waals surface area contributed by atoms with Crippen LogP contribution in [0.1, 0.15) is 5.56 Å². The molecule has 2 nitrogen and oxygen atoms in total. The molecule has 1 aromatic heterocycles. The van der Waals surface area contributed by atoms with Crippen LogP contribution in [0.15, 0.2) is 67.0 Å². The van der Waals surface area contributed by atoms with Gasteiger partial charge in [0.15, 0.2) is 0 Å². The standard InChI is InChI=1S/C16H11F3N2/c17-16(18,19)14-9-4-8-13(12-6-2-1-3-7-12)15(14)21-11-5-10-20-21/h1-11H. The fourth-order valence-electron chi connectivity index (χ4n) is 2.27. The highest BCUT2D eigenvalue weighted by molar-refractivity contribution is 5.75. The summed E-state index contributed by atoms with van der Waals surface area (Å²) in [6.45, 7) is 0. The molecule has 106 valence electrons. The Kier molecular flexibility index (Phi) is 3.25. The van der Waals surface area contributed by atoms with E-state index in [4.69, 9.17) is 0 Å². The molecule has 0 atom stereocenters. The van der Waals surface area contributed by atoms with E-state index in [2.05, 4.69) is 5.10 Å². The van der Waals surface area contributed by atoms with E-state index in [1.165, 1.54) is 23.1 Å². The third-order valence-electron chi connectivity index (χ3n) is 3.16. The van der Waals surface area contributed by atoms with E-state index < -0.39 is 11.7 Å². The summed E-state index contributed by atoms with van der Waals surface area (Å²) in [6.07, 6.45) is -1.47. The van der Waals surface area contributed by atoms with Gasteiger partial charge in [0, 0.05) is 18.0 Å². The van der Waals surface area contributed by atoms with Crippen LogP contribution in [0.4, 0.5) is 13.2 Å². The summed E-state index contributed by atoms with van der Waals surface area (Å²) in [5.41, 5.74) is 0.553. The molecule has 21 heavy (non-hydrogen) atoms. The summed E-state index contributed by atoms with van der Waals surface area (Å²) in [5.74, 6) is 0. The summed E-state index contributed by atoms with van der Waals surface area (Å²) < 4.78 is 41.1. The smallest absolute Gasteiger partial charge is 0.240 e. The molecule has 0 radical (unpaired) electrons. The fraction of sp³-hybridized carbons (Fsp3) is 0.0625. The largest absolute Gasteiger partial charge is 0.418 e. The molecular weight excluding hydrogens is 277 g/mol. The first-order valence-corrected chi connectivity index (χ1v) is 6.33. The predicted octanol–water partition coefficient (Wildman–Crippen LogP) is 4.56. The van der Waals surface area contributed by atoms with E-state index in [0.717, 1.165) is 6.07 Å². The summed E-state index contributed by atoms with van der Waals surface area (Å²) in [4.78, 5) is 0. The van der Waals surface area contributed by atoms with Crippen molar-refractivity contribution in [3.05, 3.63) is 72.6 Å². The van der Waals surface area contributed by atoms with Crippen LogP contribution < -0.4 is 0 Å². The molecule has 0 bridgehead atoms. The number of nitrogens with zero attached hydrogens (tertiary/aromatic N) is 2. The minimum Gasteiger partial charge on any atom is -0.240 e. The number of alkyl halides is 3. The van der Waals surface area contributed by atoms with Crippen LogP contribution >= 0.6 is 0 Å². The Morgan fingerprint density at radius 1 is 0.857 bits per heavy atom. The topological polar surface area (TPSA) is 17.8 Å². The van der Waals surface area contributed by atoms with Crippen molar-refractivity contribution in [1.82, 2.24) is 9.78 Å². The molecule has 0 spiro atoms. The number of aromatic nitrogens is 2. The van der Waals surface area contributed by atoms with Crippen molar-refractivity contribution in [3.8, 4) is 16.8 Å². The lowest BCUT2D eigenvalue weighted by Gasteiger charge is -2.17. The third kappa shape index (κ3) is 2.54. The Morgan fingerprint density at radius 3 is 2.24 bits per heavy atom. The molecular formula is C16H11F3N2. The number of hydrogen-bond donors (Lipinski definition) is 0. The summed E-state index contributed by atoms with van der Waals surface area (Å²) in [5, 5.41) is 3.96. The van der Waals surface area contributed by atoms with E-state index >= 15 is 0 Å². The lowest BCUT2D eigenvalue weighted by molar-refractivity contribution is -0.137. The van der Waals surface area contributed by atoms with Crippen molar-refractivity contribution in [2.75, 3.05) is 0 Å². The van der Waals surface area contributed by atoms with E-state index in [9.17, 15) is 13.2 Å². The zero-order valence-electron chi connectivity index (χ0n) is 10.9. The summed E-state index contributed by atoms with van der Waals surface area (Å²) >= 11 is 0. The predicted molar refractivity (Wildman–Crippen MR) is 74.0 cm³/mol. The van der Waals surface area contributed by atoms with Crippen LogP contribution in [0, 0.1) is 0 Å². The van der Waals surface area contributed by atoms with E-state index in [-0.39, 0.29) is 5.69 Å². The van der Waals surface area contributed by atoms with Crippen LogP contribution in [-0.2, 0) is 6.18 Å². The first-order valence-electron chi connectivity index (χ1n) is 6.33. The van der Waals surface area contributed by atoms with Gasteiger partial charge in [0.25, 0.3) is 0 Å². The van der Waals surface area contributed by atoms with Crippen LogP contribution in [0.3, 0.4) is 0 Å². The molecule has 1 heterocycles. The fourth-order valence-corrected chi connectivity index (χ4v) is 2.27. The minimum absolute atomic E-state index is 0.0428. The maximum absolute atomic E-state index is 13.3. The second-order valence-corrected chi connectivity index (χ2v) is 4.52. The SMILES string of the molecule is FC(F)(F)c1cccc(-c2ccccc2)c1-n1cccn1. The Balaban J connectivity index is 2.31. The molecule has 3 rings (SSSR count). The van der Waals surface area contributed by atoms with Gasteiger partial charge in [-0.1, -0.05) is 42.5 Å². The molecule has 0 N–H and O–H groups in total. The minimum atomic E-state index is -4.44. The van der Waals surface area contributed by atoms with Crippen molar-refractivity contribution < 1.29 is 13.2 Å². The van der Waals surface area contributed by atoms with Gasteiger partial charge in [0.2, 0.25) is 0 Å². The normalized spacial score (nSPS) is 11.6. The molecule has 0 aliphatic carbocycles. The van der Waals surface area contributed by atoms with E-state index in [1.54, 1.807) is 36.4 Å². The van der Waals surface area contributed by atoms with Gasteiger partial charge in [-0.25, -0.2) is 4.68 Å². The molecule has 0 saturated heterocycles. The van der Waals surface area contributed by atoms with Crippen molar-refractivity contribution in [1.29, 1.82) is 0 Å². The van der Waals surface area contributed by atoms with Gasteiger partial charge in [-0.05, 0) is 17.7 Å². The highest BCUT2D eigenvalue weighted by Crippen LogP contribution is 2.38. The highest BCUT2D eigenvalue weighted by atomic mass is 19.4. The first kappa shape index (κ1) is 13.4. The number of para-hydroxylation sites is 1. The van der Waals surface area contributed by atoms with E-state index in [0.29, 0.717) is 11.1 Å². The van der Waals surface area contributed by atoms with Crippen molar-refractivity contribution in [3.63, 3.8) is 0 Å². The van der Waals surface area contributed by atoms with Crippen LogP contribution in [0.5, 0.6) is 0 Å². The first-order chi connectivity index (χ1) is 10.1. The zero-order valence-corrected chi connectivity index (χ0v) is 10.9. The average Bonchev–Trinajstić information content (AvgIpc) is 3.00. The summed E-state index contributed by atoms with van der Waals surface area (Å²) in [6, 6.07) is 14.7. The number of halogens is 3. The lowest BCUT2D eigenvalue weighted by atomic mass is 9.99. The van der Waals surface area contributed by atoms with Gasteiger partial charge in [-0.3, -0.25) is 0 Å². The van der Waals surface area contributed by atoms with Gasteiger partial charge in [0.05, 0.1) is 11.3 Å². The molecule has 0 fully saturated rings. The molecule has 0 unspecified atom stereocenters. The Labute approximate surface area is 119 Å².